The molecule has 0 saturated heterocycles. The van der Waals surface area contributed by atoms with Gasteiger partial charge in [0.2, 0.25) is 0 Å². The summed E-state index contributed by atoms with van der Waals surface area (Å²) in [6, 6.07) is 4.23. The molecule has 0 bridgehead atoms. The predicted molar refractivity (Wildman–Crippen MR) is 87.9 cm³/mol. The number of ether oxygens (including phenoxy) is 1. The first-order valence-electron chi connectivity index (χ1n) is 8.32. The molecule has 0 aromatic heterocycles. The summed E-state index contributed by atoms with van der Waals surface area (Å²) in [6.45, 7) is -0.327. The Morgan fingerprint density at radius 2 is 2.00 bits per heavy atom. The highest BCUT2D eigenvalue weighted by Gasteiger charge is 2.41. The Morgan fingerprint density at radius 3 is 2.63 bits per heavy atom. The van der Waals surface area contributed by atoms with Crippen molar-refractivity contribution in [2.75, 3.05) is 6.61 Å². The van der Waals surface area contributed by atoms with Gasteiger partial charge in [-0.05, 0) is 18.2 Å². The minimum atomic E-state index is -4.50. The van der Waals surface area contributed by atoms with E-state index in [0.29, 0.717) is 0 Å². The van der Waals surface area contributed by atoms with Crippen molar-refractivity contribution in [2.24, 2.45) is 11.8 Å². The van der Waals surface area contributed by atoms with Crippen molar-refractivity contribution in [3.63, 3.8) is 0 Å². The molecule has 4 N–H and O–H groups in total. The van der Waals surface area contributed by atoms with E-state index in [4.69, 9.17) is 9.84 Å². The molecule has 0 spiro atoms. The van der Waals surface area contributed by atoms with E-state index in [9.17, 15) is 33.3 Å². The summed E-state index contributed by atoms with van der Waals surface area (Å²) in [5.74, 6) is -2.51. The van der Waals surface area contributed by atoms with Gasteiger partial charge in [-0.2, -0.15) is 13.2 Å². The number of carboxylic acid groups (broad SMARTS) is 1. The number of aliphatic hydroxyl groups excluding tert-OH is 3. The van der Waals surface area contributed by atoms with Gasteiger partial charge in [-0.25, -0.2) is 0 Å². The average Bonchev–Trinajstić information content (AvgIpc) is 2.83. The summed E-state index contributed by atoms with van der Waals surface area (Å²) < 4.78 is 43.1. The van der Waals surface area contributed by atoms with Gasteiger partial charge in [-0.15, -0.1) is 0 Å². The molecular formula is C18H21F3O6. The maximum Gasteiger partial charge on any atom is 0.416 e. The number of hydrogen-bond donors (Lipinski definition) is 4. The van der Waals surface area contributed by atoms with Crippen molar-refractivity contribution < 1.29 is 43.1 Å². The van der Waals surface area contributed by atoms with Crippen molar-refractivity contribution >= 4 is 5.97 Å². The molecule has 0 heterocycles. The van der Waals surface area contributed by atoms with Gasteiger partial charge in [-0.3, -0.25) is 4.79 Å². The lowest BCUT2D eigenvalue weighted by Gasteiger charge is -2.19. The lowest BCUT2D eigenvalue weighted by atomic mass is 9.90. The Bertz CT molecular complexity index is 675. The van der Waals surface area contributed by atoms with Crippen LogP contribution in [0.4, 0.5) is 13.2 Å². The van der Waals surface area contributed by atoms with Gasteiger partial charge in [0.25, 0.3) is 0 Å². The summed E-state index contributed by atoms with van der Waals surface area (Å²) in [7, 11) is 0. The molecule has 150 valence electrons. The highest BCUT2D eigenvalue weighted by molar-refractivity contribution is 5.67. The number of benzene rings is 1. The third-order valence-corrected chi connectivity index (χ3v) is 4.46. The first-order chi connectivity index (χ1) is 12.6. The number of aliphatic hydroxyl groups is 3. The Kier molecular flexibility index (Phi) is 6.85. The quantitative estimate of drug-likeness (QED) is 0.529. The van der Waals surface area contributed by atoms with Gasteiger partial charge in [0, 0.05) is 18.3 Å². The number of carboxylic acids is 1. The summed E-state index contributed by atoms with van der Waals surface area (Å²) in [4.78, 5) is 10.9. The van der Waals surface area contributed by atoms with Crippen LogP contribution >= 0.6 is 0 Å². The molecule has 0 radical (unpaired) electrons. The molecule has 0 amide bonds. The third kappa shape index (κ3) is 5.95. The van der Waals surface area contributed by atoms with Gasteiger partial charge in [0.1, 0.15) is 18.5 Å². The highest BCUT2D eigenvalue weighted by Crippen LogP contribution is 2.36. The average molecular weight is 390 g/mol. The number of hydrogen-bond acceptors (Lipinski definition) is 5. The van der Waals surface area contributed by atoms with Crippen LogP contribution in [0.2, 0.25) is 0 Å². The fraction of sp³-hybridized carbons (Fsp3) is 0.500. The van der Waals surface area contributed by atoms with Gasteiger partial charge in [0.15, 0.2) is 0 Å². The lowest BCUT2D eigenvalue weighted by Crippen LogP contribution is -2.24. The van der Waals surface area contributed by atoms with Crippen LogP contribution < -0.4 is 4.74 Å². The topological polar surface area (TPSA) is 107 Å². The Labute approximate surface area is 153 Å². The van der Waals surface area contributed by atoms with Crippen LogP contribution in [0.25, 0.3) is 0 Å². The van der Waals surface area contributed by atoms with Crippen molar-refractivity contribution in [1.29, 1.82) is 0 Å². The van der Waals surface area contributed by atoms with Gasteiger partial charge in [-0.1, -0.05) is 18.2 Å². The standard InChI is InChI=1S/C18H21F3O6/c19-18(20,21)10-2-1-3-12(6-10)27-9-11(22)4-5-13-14(7-17(25)26)16(24)8-15(13)23/h1-6,11,13-16,22-24H,7-9H2,(H,25,26)/b5-4+/t11-,13-,14-,15-,16+/m1/s1. The van der Waals surface area contributed by atoms with Crippen molar-refractivity contribution in [3.8, 4) is 5.75 Å². The molecule has 2 rings (SSSR count). The van der Waals surface area contributed by atoms with E-state index in [0.717, 1.165) is 12.1 Å². The van der Waals surface area contributed by atoms with Crippen LogP contribution in [-0.4, -0.2) is 51.3 Å². The summed E-state index contributed by atoms with van der Waals surface area (Å²) in [5, 5.41) is 38.6. The first-order valence-corrected chi connectivity index (χ1v) is 8.32. The molecule has 1 fully saturated rings. The molecule has 1 aliphatic rings. The third-order valence-electron chi connectivity index (χ3n) is 4.46. The van der Waals surface area contributed by atoms with Gasteiger partial charge < -0.3 is 25.2 Å². The van der Waals surface area contributed by atoms with E-state index in [2.05, 4.69) is 0 Å². The molecule has 0 aliphatic heterocycles. The van der Waals surface area contributed by atoms with Crippen LogP contribution in [0.5, 0.6) is 5.75 Å². The van der Waals surface area contributed by atoms with E-state index in [1.165, 1.54) is 24.3 Å². The smallest absolute Gasteiger partial charge is 0.416 e. The Balaban J connectivity index is 1.94. The largest absolute Gasteiger partial charge is 0.491 e. The maximum absolute atomic E-state index is 12.7. The van der Waals surface area contributed by atoms with E-state index < -0.39 is 47.9 Å². The Hall–Kier alpha value is -2.10. The second kappa shape index (κ2) is 8.73. The minimum absolute atomic E-state index is 0.0315. The fourth-order valence-corrected chi connectivity index (χ4v) is 3.12. The molecule has 1 aliphatic carbocycles. The normalized spacial score (nSPS) is 27.0. The molecule has 0 unspecified atom stereocenters. The van der Waals surface area contributed by atoms with Crippen LogP contribution in [0.3, 0.4) is 0 Å². The molecule has 6 nitrogen and oxygen atoms in total. The van der Waals surface area contributed by atoms with Gasteiger partial charge >= 0.3 is 12.1 Å². The molecule has 1 aromatic carbocycles. The number of rotatable bonds is 7. The summed E-state index contributed by atoms with van der Waals surface area (Å²) in [5.41, 5.74) is -0.871. The minimum Gasteiger partial charge on any atom is -0.491 e. The van der Waals surface area contributed by atoms with Crippen LogP contribution in [0, 0.1) is 11.8 Å². The number of carbonyl (C=O) groups is 1. The zero-order chi connectivity index (χ0) is 20.2. The van der Waals surface area contributed by atoms with E-state index >= 15 is 0 Å². The molecular weight excluding hydrogens is 369 g/mol. The first kappa shape index (κ1) is 21.2. The monoisotopic (exact) mass is 390 g/mol. The molecule has 1 aromatic rings. The Morgan fingerprint density at radius 1 is 1.30 bits per heavy atom. The number of aliphatic carboxylic acids is 1. The second-order valence-electron chi connectivity index (χ2n) is 6.50. The number of alkyl halides is 3. The van der Waals surface area contributed by atoms with E-state index in [-0.39, 0.29) is 25.2 Å². The number of halogens is 3. The van der Waals surface area contributed by atoms with Crippen LogP contribution in [0.1, 0.15) is 18.4 Å². The molecule has 27 heavy (non-hydrogen) atoms. The van der Waals surface area contributed by atoms with Gasteiger partial charge in [0.05, 0.1) is 24.2 Å². The van der Waals surface area contributed by atoms with E-state index in [1.54, 1.807) is 0 Å². The molecule has 1 saturated carbocycles. The zero-order valence-corrected chi connectivity index (χ0v) is 14.2. The SMILES string of the molecule is O=C(O)C[C@@H]1[C@@H](/C=C/[C@@H](O)COc2cccc(C(F)(F)F)c2)[C@H](O)C[C@@H]1O. The predicted octanol–water partition coefficient (Wildman–Crippen LogP) is 1.83. The zero-order valence-electron chi connectivity index (χ0n) is 14.2. The van der Waals surface area contributed by atoms with Crippen LogP contribution in [-0.2, 0) is 11.0 Å². The van der Waals surface area contributed by atoms with E-state index in [1.807, 2.05) is 0 Å². The fourth-order valence-electron chi connectivity index (χ4n) is 3.12. The molecule has 5 atom stereocenters. The highest BCUT2D eigenvalue weighted by atomic mass is 19.4. The van der Waals surface area contributed by atoms with Crippen molar-refractivity contribution in [2.45, 2.75) is 37.3 Å². The van der Waals surface area contributed by atoms with Crippen LogP contribution in [0.15, 0.2) is 36.4 Å². The second-order valence-corrected chi connectivity index (χ2v) is 6.50. The lowest BCUT2D eigenvalue weighted by molar-refractivity contribution is -0.139. The molecule has 9 heteroatoms. The summed E-state index contributed by atoms with van der Waals surface area (Å²) >= 11 is 0. The summed E-state index contributed by atoms with van der Waals surface area (Å²) in [6.07, 6.45) is -5.22. The maximum atomic E-state index is 12.7. The van der Waals surface area contributed by atoms with Crippen molar-refractivity contribution in [3.05, 3.63) is 42.0 Å². The van der Waals surface area contributed by atoms with Crippen molar-refractivity contribution in [1.82, 2.24) is 0 Å².